The first-order chi connectivity index (χ1) is 9.38. The second-order valence-electron chi connectivity index (χ2n) is 4.52. The molecule has 2 heterocycles. The molecule has 0 aliphatic heterocycles. The molecular weight excluding hydrogens is 280 g/mol. The number of hydrogen-bond donors (Lipinski definition) is 1. The van der Waals surface area contributed by atoms with Gasteiger partial charge in [-0.05, 0) is 12.8 Å². The van der Waals surface area contributed by atoms with Gasteiger partial charge < -0.3 is 0 Å². The van der Waals surface area contributed by atoms with E-state index in [1.807, 2.05) is 27.1 Å². The number of nitrogens with two attached hydrogens (primary N) is 1. The summed E-state index contributed by atoms with van der Waals surface area (Å²) in [6.07, 6.45) is 3.27. The summed E-state index contributed by atoms with van der Waals surface area (Å²) in [6.45, 7) is 4.40. The maximum atomic E-state index is 11.6. The first kappa shape index (κ1) is 14.7. The molecule has 9 heteroatoms. The molecule has 20 heavy (non-hydrogen) atoms. The van der Waals surface area contributed by atoms with Gasteiger partial charge >= 0.3 is 0 Å². The molecule has 2 aromatic heterocycles. The van der Waals surface area contributed by atoms with Crippen LogP contribution >= 0.6 is 0 Å². The van der Waals surface area contributed by atoms with Gasteiger partial charge in [-0.1, -0.05) is 13.8 Å². The monoisotopic (exact) mass is 298 g/mol. The molecule has 0 bridgehead atoms. The predicted octanol–water partition coefficient (Wildman–Crippen LogP) is 0.298. The third-order valence-corrected chi connectivity index (χ3v) is 3.71. The Morgan fingerprint density at radius 2 is 2.00 bits per heavy atom. The number of aromatic nitrogens is 5. The number of aryl methyl sites for hydroxylation is 2. The van der Waals surface area contributed by atoms with E-state index in [0.717, 1.165) is 24.1 Å². The first-order valence-corrected chi connectivity index (χ1v) is 7.92. The lowest BCUT2D eigenvalue weighted by Crippen LogP contribution is -2.19. The number of primary sulfonamides is 1. The molecule has 2 rings (SSSR count). The Hall–Kier alpha value is -1.74. The van der Waals surface area contributed by atoms with Crippen molar-refractivity contribution in [2.24, 2.45) is 12.2 Å². The van der Waals surface area contributed by atoms with Crippen LogP contribution in [0.15, 0.2) is 11.4 Å². The molecule has 0 atom stereocenters. The zero-order chi connectivity index (χ0) is 14.9. The zero-order valence-corrected chi connectivity index (χ0v) is 12.6. The van der Waals surface area contributed by atoms with Gasteiger partial charge in [0.05, 0.1) is 11.3 Å². The molecule has 2 N–H and O–H groups in total. The van der Waals surface area contributed by atoms with Gasteiger partial charge in [0.2, 0.25) is 0 Å². The molecule has 0 spiro atoms. The van der Waals surface area contributed by atoms with E-state index in [2.05, 4.69) is 15.3 Å². The largest absolute Gasteiger partial charge is 0.297 e. The second kappa shape index (κ2) is 5.33. The topological polar surface area (TPSA) is 109 Å². The van der Waals surface area contributed by atoms with E-state index in [9.17, 15) is 8.42 Å². The van der Waals surface area contributed by atoms with Crippen LogP contribution in [0.2, 0.25) is 0 Å². The van der Waals surface area contributed by atoms with Crippen molar-refractivity contribution >= 4 is 10.0 Å². The van der Waals surface area contributed by atoms with Crippen LogP contribution in [-0.4, -0.2) is 33.0 Å². The SMILES string of the molecule is CCCn1c(-c2cn(C)nc2CC)nnc1S(N)(=O)=O. The summed E-state index contributed by atoms with van der Waals surface area (Å²) < 4.78 is 26.3. The van der Waals surface area contributed by atoms with Crippen molar-refractivity contribution in [3.8, 4) is 11.4 Å². The minimum Gasteiger partial charge on any atom is -0.297 e. The highest BCUT2D eigenvalue weighted by Gasteiger charge is 2.23. The van der Waals surface area contributed by atoms with Gasteiger partial charge in [0, 0.05) is 19.8 Å². The summed E-state index contributed by atoms with van der Waals surface area (Å²) in [7, 11) is -2.08. The molecule has 0 aliphatic carbocycles. The Morgan fingerprint density at radius 3 is 2.55 bits per heavy atom. The average Bonchev–Trinajstić information content (AvgIpc) is 2.92. The first-order valence-electron chi connectivity index (χ1n) is 6.37. The normalized spacial score (nSPS) is 12.0. The molecule has 0 unspecified atom stereocenters. The number of sulfonamides is 1. The third kappa shape index (κ3) is 2.59. The summed E-state index contributed by atoms with van der Waals surface area (Å²) in [5, 5.41) is 17.0. The lowest BCUT2D eigenvalue weighted by molar-refractivity contribution is 0.559. The Bertz CT molecular complexity index is 715. The minimum atomic E-state index is -3.89. The number of hydrogen-bond acceptors (Lipinski definition) is 5. The van der Waals surface area contributed by atoms with E-state index < -0.39 is 10.0 Å². The highest BCUT2D eigenvalue weighted by molar-refractivity contribution is 7.89. The van der Waals surface area contributed by atoms with Crippen molar-refractivity contribution in [1.29, 1.82) is 0 Å². The fraction of sp³-hybridized carbons (Fsp3) is 0.545. The standard InChI is InChI=1S/C11H18N6O2S/c1-4-6-17-10(13-14-11(17)20(12,18)19)8-7-16(3)15-9(8)5-2/h7H,4-6H2,1-3H3,(H2,12,18,19). The van der Waals surface area contributed by atoms with Gasteiger partial charge in [0.1, 0.15) is 0 Å². The summed E-state index contributed by atoms with van der Waals surface area (Å²) >= 11 is 0. The molecular formula is C11H18N6O2S. The van der Waals surface area contributed by atoms with Crippen molar-refractivity contribution in [2.75, 3.05) is 0 Å². The molecule has 0 saturated heterocycles. The van der Waals surface area contributed by atoms with Crippen LogP contribution in [-0.2, 0) is 30.0 Å². The van der Waals surface area contributed by atoms with Gasteiger partial charge in [0.25, 0.3) is 15.2 Å². The van der Waals surface area contributed by atoms with Gasteiger partial charge in [-0.15, -0.1) is 10.2 Å². The molecule has 0 saturated carbocycles. The van der Waals surface area contributed by atoms with Crippen molar-refractivity contribution < 1.29 is 8.42 Å². The van der Waals surface area contributed by atoms with Gasteiger partial charge in [-0.2, -0.15) is 5.10 Å². The molecule has 0 fully saturated rings. The van der Waals surface area contributed by atoms with E-state index in [0.29, 0.717) is 12.4 Å². The van der Waals surface area contributed by atoms with Crippen LogP contribution in [0.4, 0.5) is 0 Å². The molecule has 0 aliphatic rings. The Kier molecular flexibility index (Phi) is 3.91. The minimum absolute atomic E-state index is 0.208. The maximum absolute atomic E-state index is 11.6. The number of rotatable bonds is 5. The smallest absolute Gasteiger partial charge is 0.273 e. The molecule has 0 amide bonds. The molecule has 2 aromatic rings. The average molecular weight is 298 g/mol. The second-order valence-corrected chi connectivity index (χ2v) is 5.97. The molecule has 110 valence electrons. The van der Waals surface area contributed by atoms with Crippen LogP contribution in [0.5, 0.6) is 0 Å². The van der Waals surface area contributed by atoms with Crippen LogP contribution in [0, 0.1) is 0 Å². The maximum Gasteiger partial charge on any atom is 0.273 e. The Morgan fingerprint density at radius 1 is 1.30 bits per heavy atom. The van der Waals surface area contributed by atoms with Crippen LogP contribution in [0.3, 0.4) is 0 Å². The highest BCUT2D eigenvalue weighted by atomic mass is 32.2. The van der Waals surface area contributed by atoms with Crippen molar-refractivity contribution in [3.63, 3.8) is 0 Å². The van der Waals surface area contributed by atoms with Crippen LogP contribution in [0.25, 0.3) is 11.4 Å². The fourth-order valence-corrected chi connectivity index (χ4v) is 2.75. The Balaban J connectivity index is 2.65. The van der Waals surface area contributed by atoms with E-state index in [1.54, 1.807) is 4.68 Å². The van der Waals surface area contributed by atoms with E-state index in [-0.39, 0.29) is 5.16 Å². The molecule has 8 nitrogen and oxygen atoms in total. The van der Waals surface area contributed by atoms with Crippen molar-refractivity contribution in [2.45, 2.75) is 38.4 Å². The van der Waals surface area contributed by atoms with Crippen molar-refractivity contribution in [1.82, 2.24) is 24.5 Å². The lowest BCUT2D eigenvalue weighted by atomic mass is 10.2. The zero-order valence-electron chi connectivity index (χ0n) is 11.7. The van der Waals surface area contributed by atoms with E-state index >= 15 is 0 Å². The summed E-state index contributed by atoms with van der Waals surface area (Å²) in [6, 6.07) is 0. The Labute approximate surface area is 117 Å². The quantitative estimate of drug-likeness (QED) is 0.853. The van der Waals surface area contributed by atoms with Crippen LogP contribution < -0.4 is 5.14 Å². The van der Waals surface area contributed by atoms with E-state index in [1.165, 1.54) is 4.57 Å². The van der Waals surface area contributed by atoms with Gasteiger partial charge in [-0.3, -0.25) is 9.25 Å². The third-order valence-electron chi connectivity index (χ3n) is 2.90. The predicted molar refractivity (Wildman–Crippen MR) is 73.3 cm³/mol. The fourth-order valence-electron chi connectivity index (χ4n) is 2.11. The van der Waals surface area contributed by atoms with E-state index in [4.69, 9.17) is 5.14 Å². The lowest BCUT2D eigenvalue weighted by Gasteiger charge is -2.07. The molecule has 0 radical (unpaired) electrons. The summed E-state index contributed by atoms with van der Waals surface area (Å²) in [5.41, 5.74) is 1.63. The van der Waals surface area contributed by atoms with Gasteiger partial charge in [0.15, 0.2) is 5.82 Å². The molecule has 0 aromatic carbocycles. The highest BCUT2D eigenvalue weighted by Crippen LogP contribution is 2.23. The van der Waals surface area contributed by atoms with Gasteiger partial charge in [-0.25, -0.2) is 13.6 Å². The van der Waals surface area contributed by atoms with Crippen molar-refractivity contribution in [3.05, 3.63) is 11.9 Å². The summed E-state index contributed by atoms with van der Waals surface area (Å²) in [4.78, 5) is 0. The number of nitrogens with zero attached hydrogens (tertiary/aromatic N) is 5. The van der Waals surface area contributed by atoms with Crippen LogP contribution in [0.1, 0.15) is 26.0 Å². The summed E-state index contributed by atoms with van der Waals surface area (Å²) in [5.74, 6) is 0.487.